The number of hydrogen-bond donors (Lipinski definition) is 3. The van der Waals surface area contributed by atoms with Gasteiger partial charge in [0.25, 0.3) is 5.91 Å². The first-order chi connectivity index (χ1) is 20.3. The minimum atomic E-state index is -0.495. The fourth-order valence-corrected chi connectivity index (χ4v) is 5.20. The highest BCUT2D eigenvalue weighted by molar-refractivity contribution is 6.11. The van der Waals surface area contributed by atoms with Gasteiger partial charge in [0.1, 0.15) is 11.6 Å². The number of anilines is 3. The number of aromatic amines is 1. The number of benzene rings is 3. The van der Waals surface area contributed by atoms with Crippen LogP contribution >= 0.6 is 0 Å². The third kappa shape index (κ3) is 6.87. The van der Waals surface area contributed by atoms with Crippen molar-refractivity contribution in [2.45, 2.75) is 12.5 Å². The number of methoxy groups -OCH3 is 2. The normalized spacial score (nSPS) is 14.1. The lowest BCUT2D eigenvalue weighted by Gasteiger charge is -2.34. The number of piperazine rings is 1. The van der Waals surface area contributed by atoms with Gasteiger partial charge >= 0.3 is 0 Å². The second kappa shape index (κ2) is 13.3. The quantitative estimate of drug-likeness (QED) is 0.241. The standard InChI is InChI=1S/C31H36F2N6O3/c1-38-10-12-39(13-11-38)24-6-7-25(29(17-24)34-23(18-41-2)19-42-3)31(40)35-30-26-15-20(4-9-28(26)36-37-30)14-21-16-22(32)5-8-27(21)33/h4-9,15-17,23,34H,10-14,18-19H2,1-3H3,(H2,35,36,37,40). The van der Waals surface area contributed by atoms with Gasteiger partial charge in [0.2, 0.25) is 0 Å². The van der Waals surface area contributed by atoms with Crippen LogP contribution in [0.1, 0.15) is 21.5 Å². The number of halogens is 2. The van der Waals surface area contributed by atoms with Gasteiger partial charge in [-0.2, -0.15) is 5.10 Å². The van der Waals surface area contributed by atoms with E-state index in [2.05, 4.69) is 37.7 Å². The third-order valence-electron chi connectivity index (χ3n) is 7.47. The molecule has 3 aromatic carbocycles. The van der Waals surface area contributed by atoms with Gasteiger partial charge in [-0.1, -0.05) is 6.07 Å². The molecule has 1 amide bonds. The summed E-state index contributed by atoms with van der Waals surface area (Å²) in [6, 6.07) is 14.5. The Morgan fingerprint density at radius 2 is 1.76 bits per heavy atom. The van der Waals surface area contributed by atoms with E-state index in [1.54, 1.807) is 14.2 Å². The Labute approximate surface area is 243 Å². The number of fused-ring (bicyclic) bond motifs is 1. The number of ether oxygens (including phenoxy) is 2. The van der Waals surface area contributed by atoms with Crippen molar-refractivity contribution < 1.29 is 23.0 Å². The molecular weight excluding hydrogens is 542 g/mol. The van der Waals surface area contributed by atoms with Gasteiger partial charge in [0.15, 0.2) is 5.82 Å². The summed E-state index contributed by atoms with van der Waals surface area (Å²) in [6.45, 7) is 4.49. The van der Waals surface area contributed by atoms with Crippen molar-refractivity contribution in [3.8, 4) is 0 Å². The molecule has 1 aliphatic rings. The highest BCUT2D eigenvalue weighted by Gasteiger charge is 2.21. The summed E-state index contributed by atoms with van der Waals surface area (Å²) in [7, 11) is 5.36. The number of carbonyl (C=O) groups is 1. The molecule has 222 valence electrons. The number of hydrogen-bond acceptors (Lipinski definition) is 7. The first-order valence-corrected chi connectivity index (χ1v) is 13.9. The second-order valence-electron chi connectivity index (χ2n) is 10.6. The van der Waals surface area contributed by atoms with E-state index in [0.717, 1.165) is 49.6 Å². The molecule has 0 aliphatic carbocycles. The van der Waals surface area contributed by atoms with Crippen molar-refractivity contribution in [3.05, 3.63) is 82.9 Å². The largest absolute Gasteiger partial charge is 0.382 e. The zero-order valence-corrected chi connectivity index (χ0v) is 24.0. The molecule has 11 heteroatoms. The molecule has 0 radical (unpaired) electrons. The SMILES string of the molecule is COCC(COC)Nc1cc(N2CCN(C)CC2)ccc1C(=O)Nc1n[nH]c2ccc(Cc3cc(F)ccc3F)cc12. The fraction of sp³-hybridized carbons (Fsp3) is 0.355. The van der Waals surface area contributed by atoms with Crippen LogP contribution in [-0.4, -0.2) is 87.7 Å². The first-order valence-electron chi connectivity index (χ1n) is 13.9. The lowest BCUT2D eigenvalue weighted by Crippen LogP contribution is -2.44. The zero-order valence-electron chi connectivity index (χ0n) is 24.0. The van der Waals surface area contributed by atoms with Crippen molar-refractivity contribution in [2.24, 2.45) is 0 Å². The average molecular weight is 579 g/mol. The molecular formula is C31H36F2N6O3. The smallest absolute Gasteiger partial charge is 0.258 e. The van der Waals surface area contributed by atoms with Crippen LogP contribution in [0.5, 0.6) is 0 Å². The number of H-pyrrole nitrogens is 1. The first kappa shape index (κ1) is 29.4. The molecule has 1 aliphatic heterocycles. The van der Waals surface area contributed by atoms with Gasteiger partial charge in [0.05, 0.1) is 30.3 Å². The van der Waals surface area contributed by atoms with Crippen molar-refractivity contribution in [3.63, 3.8) is 0 Å². The second-order valence-corrected chi connectivity index (χ2v) is 10.6. The number of likely N-dealkylation sites (N-methyl/N-ethyl adjacent to an activating group) is 1. The van der Waals surface area contributed by atoms with Gasteiger partial charge in [0, 0.05) is 63.6 Å². The molecule has 42 heavy (non-hydrogen) atoms. The van der Waals surface area contributed by atoms with Crippen LogP contribution in [0, 0.1) is 11.6 Å². The average Bonchev–Trinajstić information content (AvgIpc) is 3.37. The van der Waals surface area contributed by atoms with E-state index in [0.29, 0.717) is 41.2 Å². The van der Waals surface area contributed by atoms with Crippen molar-refractivity contribution in [2.75, 3.05) is 76.2 Å². The highest BCUT2D eigenvalue weighted by atomic mass is 19.1. The molecule has 5 rings (SSSR count). The summed E-state index contributed by atoms with van der Waals surface area (Å²) in [5.74, 6) is -0.968. The molecule has 3 N–H and O–H groups in total. The number of rotatable bonds is 11. The molecule has 4 aromatic rings. The number of aromatic nitrogens is 2. The Hall–Kier alpha value is -4.06. The fourth-order valence-electron chi connectivity index (χ4n) is 5.20. The summed E-state index contributed by atoms with van der Waals surface area (Å²) in [6.07, 6.45) is 0.195. The van der Waals surface area contributed by atoms with Crippen LogP contribution in [0.4, 0.5) is 26.0 Å². The number of amides is 1. The number of carbonyl (C=O) groups excluding carboxylic acids is 1. The minimum Gasteiger partial charge on any atom is -0.382 e. The van der Waals surface area contributed by atoms with Crippen LogP contribution in [0.25, 0.3) is 10.9 Å². The summed E-state index contributed by atoms with van der Waals surface area (Å²) < 4.78 is 38.7. The Bertz CT molecular complexity index is 1530. The minimum absolute atomic E-state index is 0.175. The van der Waals surface area contributed by atoms with Gasteiger partial charge in [-0.25, -0.2) is 8.78 Å². The lowest BCUT2D eigenvalue weighted by molar-refractivity contribution is 0.102. The van der Waals surface area contributed by atoms with E-state index in [4.69, 9.17) is 9.47 Å². The molecule has 0 atom stereocenters. The van der Waals surface area contributed by atoms with Crippen LogP contribution in [0.15, 0.2) is 54.6 Å². The molecule has 0 saturated carbocycles. The summed E-state index contributed by atoms with van der Waals surface area (Å²) in [5, 5.41) is 14.3. The molecule has 1 aromatic heterocycles. The zero-order chi connectivity index (χ0) is 29.6. The summed E-state index contributed by atoms with van der Waals surface area (Å²) >= 11 is 0. The molecule has 9 nitrogen and oxygen atoms in total. The molecule has 1 fully saturated rings. The van der Waals surface area contributed by atoms with Gasteiger partial charge in [-0.3, -0.25) is 9.89 Å². The third-order valence-corrected chi connectivity index (χ3v) is 7.47. The van der Waals surface area contributed by atoms with E-state index in [1.807, 2.05) is 36.4 Å². The molecule has 0 unspecified atom stereocenters. The monoisotopic (exact) mass is 578 g/mol. The van der Waals surface area contributed by atoms with Crippen LogP contribution in [0.3, 0.4) is 0 Å². The van der Waals surface area contributed by atoms with E-state index in [-0.39, 0.29) is 23.9 Å². The lowest BCUT2D eigenvalue weighted by atomic mass is 10.0. The summed E-state index contributed by atoms with van der Waals surface area (Å²) in [5.41, 5.74) is 3.84. The van der Waals surface area contributed by atoms with Crippen molar-refractivity contribution in [1.29, 1.82) is 0 Å². The predicted molar refractivity (Wildman–Crippen MR) is 161 cm³/mol. The van der Waals surface area contributed by atoms with E-state index in [1.165, 1.54) is 6.07 Å². The Morgan fingerprint density at radius 3 is 2.50 bits per heavy atom. The Kier molecular flexibility index (Phi) is 9.31. The maximum atomic E-state index is 14.3. The van der Waals surface area contributed by atoms with E-state index in [9.17, 15) is 13.6 Å². The van der Waals surface area contributed by atoms with Crippen LogP contribution < -0.4 is 15.5 Å². The van der Waals surface area contributed by atoms with Gasteiger partial charge in [-0.05, 0) is 66.7 Å². The predicted octanol–water partition coefficient (Wildman–Crippen LogP) is 4.51. The highest BCUT2D eigenvalue weighted by Crippen LogP contribution is 2.29. The van der Waals surface area contributed by atoms with Gasteiger partial charge < -0.3 is 29.9 Å². The Morgan fingerprint density at radius 1 is 1.00 bits per heavy atom. The van der Waals surface area contributed by atoms with E-state index >= 15 is 0 Å². The summed E-state index contributed by atoms with van der Waals surface area (Å²) in [4.78, 5) is 18.3. The van der Waals surface area contributed by atoms with Crippen LogP contribution in [0.2, 0.25) is 0 Å². The topological polar surface area (TPSA) is 94.8 Å². The van der Waals surface area contributed by atoms with Crippen LogP contribution in [-0.2, 0) is 15.9 Å². The molecule has 0 bridgehead atoms. The molecule has 1 saturated heterocycles. The van der Waals surface area contributed by atoms with E-state index < -0.39 is 11.6 Å². The maximum Gasteiger partial charge on any atom is 0.258 e. The van der Waals surface area contributed by atoms with Crippen molar-refractivity contribution >= 4 is 34.0 Å². The molecule has 2 heterocycles. The number of nitrogens with one attached hydrogen (secondary N) is 3. The molecule has 0 spiro atoms. The van der Waals surface area contributed by atoms with Gasteiger partial charge in [-0.15, -0.1) is 0 Å². The maximum absolute atomic E-state index is 14.3. The van der Waals surface area contributed by atoms with Crippen molar-refractivity contribution in [1.82, 2.24) is 15.1 Å². The Balaban J connectivity index is 1.42. The number of nitrogens with zero attached hydrogens (tertiary/aromatic N) is 3.